The summed E-state index contributed by atoms with van der Waals surface area (Å²) >= 11 is 6.23. The third kappa shape index (κ3) is 4.34. The van der Waals surface area contributed by atoms with E-state index in [0.29, 0.717) is 16.6 Å². The van der Waals surface area contributed by atoms with Crippen LogP contribution in [0, 0.1) is 17.7 Å². The van der Waals surface area contributed by atoms with Crippen LogP contribution in [0.4, 0.5) is 10.1 Å². The number of aliphatic hydroxyl groups excluding tert-OH is 1. The maximum atomic E-state index is 14.9. The summed E-state index contributed by atoms with van der Waals surface area (Å²) in [5.41, 5.74) is 2.51. The highest BCUT2D eigenvalue weighted by Crippen LogP contribution is 2.51. The van der Waals surface area contributed by atoms with Crippen molar-refractivity contribution in [2.45, 2.75) is 43.9 Å². The first-order valence-corrected chi connectivity index (χ1v) is 11.8. The molecule has 3 aliphatic rings. The van der Waals surface area contributed by atoms with Crippen LogP contribution in [0.15, 0.2) is 42.5 Å². The third-order valence-corrected chi connectivity index (χ3v) is 7.47. The average Bonchev–Trinajstić information content (AvgIpc) is 2.80. The normalized spacial score (nSPS) is 29.1. The number of ether oxygens (including phenoxy) is 1. The molecule has 2 saturated heterocycles. The van der Waals surface area contributed by atoms with Crippen LogP contribution in [0.1, 0.15) is 49.0 Å². The highest BCUT2D eigenvalue weighted by atomic mass is 35.5. The Morgan fingerprint density at radius 2 is 1.87 bits per heavy atom. The second-order valence-electron chi connectivity index (χ2n) is 9.23. The monoisotopic (exact) mass is 444 g/mol. The van der Waals surface area contributed by atoms with E-state index in [2.05, 4.69) is 22.3 Å². The predicted octanol–water partition coefficient (Wildman–Crippen LogP) is 5.19. The molecule has 3 heterocycles. The van der Waals surface area contributed by atoms with Crippen molar-refractivity contribution in [3.05, 3.63) is 64.4 Å². The van der Waals surface area contributed by atoms with Crippen molar-refractivity contribution >= 4 is 17.3 Å². The Labute approximate surface area is 188 Å². The summed E-state index contributed by atoms with van der Waals surface area (Å²) < 4.78 is 21.6. The van der Waals surface area contributed by atoms with E-state index in [-0.39, 0.29) is 36.6 Å². The van der Waals surface area contributed by atoms with E-state index in [9.17, 15) is 9.50 Å². The molecule has 31 heavy (non-hydrogen) atoms. The number of hydrogen-bond donors (Lipinski definition) is 2. The SMILES string of the molecule is OCC1CCN(C[C@H]2CC[C@@H]3[C@H](O2)c2cc(Cl)cc(F)c2N[C@H]3c2ccccc2)CC1. The second-order valence-corrected chi connectivity index (χ2v) is 9.67. The van der Waals surface area contributed by atoms with Crippen molar-refractivity contribution < 1.29 is 14.2 Å². The summed E-state index contributed by atoms with van der Waals surface area (Å²) in [6.07, 6.45) is 4.03. The van der Waals surface area contributed by atoms with Crippen molar-refractivity contribution in [1.29, 1.82) is 0 Å². The van der Waals surface area contributed by atoms with Crippen molar-refractivity contribution in [2.75, 3.05) is 31.6 Å². The lowest BCUT2D eigenvalue weighted by Crippen LogP contribution is -2.45. The van der Waals surface area contributed by atoms with Crippen molar-refractivity contribution in [3.8, 4) is 0 Å². The largest absolute Gasteiger partial charge is 0.396 e. The fourth-order valence-corrected chi connectivity index (χ4v) is 5.76. The molecule has 0 aromatic heterocycles. The summed E-state index contributed by atoms with van der Waals surface area (Å²) in [6, 6.07) is 13.5. The van der Waals surface area contributed by atoms with Crippen molar-refractivity contribution in [1.82, 2.24) is 4.90 Å². The van der Waals surface area contributed by atoms with E-state index in [0.717, 1.165) is 56.4 Å². The van der Waals surface area contributed by atoms with Gasteiger partial charge in [-0.15, -0.1) is 0 Å². The van der Waals surface area contributed by atoms with Crippen LogP contribution in [0.3, 0.4) is 0 Å². The minimum atomic E-state index is -0.321. The zero-order chi connectivity index (χ0) is 21.4. The molecule has 2 N–H and O–H groups in total. The number of nitrogens with one attached hydrogen (secondary N) is 1. The lowest BCUT2D eigenvalue weighted by Gasteiger charge is -2.46. The van der Waals surface area contributed by atoms with Gasteiger partial charge in [0.2, 0.25) is 0 Å². The molecule has 0 bridgehead atoms. The number of likely N-dealkylation sites (tertiary alicyclic amines) is 1. The fourth-order valence-electron chi connectivity index (χ4n) is 5.55. The van der Waals surface area contributed by atoms with Crippen LogP contribution in [0.25, 0.3) is 0 Å². The lowest BCUT2D eigenvalue weighted by atomic mass is 9.76. The molecule has 2 aromatic carbocycles. The first-order valence-electron chi connectivity index (χ1n) is 11.4. The maximum Gasteiger partial charge on any atom is 0.148 e. The van der Waals surface area contributed by atoms with Gasteiger partial charge in [-0.3, -0.25) is 0 Å². The lowest BCUT2D eigenvalue weighted by molar-refractivity contribution is -0.105. The Kier molecular flexibility index (Phi) is 6.20. The number of rotatable bonds is 4. The van der Waals surface area contributed by atoms with Crippen molar-refractivity contribution in [2.24, 2.45) is 11.8 Å². The number of hydrogen-bond acceptors (Lipinski definition) is 4. The molecule has 6 heteroatoms. The van der Waals surface area contributed by atoms with Gasteiger partial charge in [0.25, 0.3) is 0 Å². The van der Waals surface area contributed by atoms with Crippen LogP contribution in [-0.2, 0) is 4.74 Å². The molecule has 0 saturated carbocycles. The number of anilines is 1. The highest BCUT2D eigenvalue weighted by molar-refractivity contribution is 6.30. The smallest absolute Gasteiger partial charge is 0.148 e. The van der Waals surface area contributed by atoms with Gasteiger partial charge >= 0.3 is 0 Å². The highest BCUT2D eigenvalue weighted by Gasteiger charge is 2.43. The minimum Gasteiger partial charge on any atom is -0.396 e. The number of benzene rings is 2. The molecule has 0 aliphatic carbocycles. The first kappa shape index (κ1) is 21.2. The van der Waals surface area contributed by atoms with Crippen LogP contribution >= 0.6 is 11.6 Å². The Morgan fingerprint density at radius 1 is 1.10 bits per heavy atom. The molecule has 4 atom stereocenters. The molecule has 0 amide bonds. The molecule has 5 rings (SSSR count). The number of halogens is 2. The molecule has 0 spiro atoms. The molecule has 0 radical (unpaired) electrons. The van der Waals surface area contributed by atoms with Gasteiger partial charge in [-0.05, 0) is 62.4 Å². The fraction of sp³-hybridized carbons (Fsp3) is 0.520. The van der Waals surface area contributed by atoms with Gasteiger partial charge < -0.3 is 20.1 Å². The molecule has 3 aliphatic heterocycles. The predicted molar refractivity (Wildman–Crippen MR) is 121 cm³/mol. The topological polar surface area (TPSA) is 44.7 Å². The van der Waals surface area contributed by atoms with Gasteiger partial charge in [-0.2, -0.15) is 0 Å². The Bertz CT molecular complexity index is 904. The standard InChI is InChI=1S/C25H30ClFN2O2/c26-18-12-21-24(22(27)13-18)28-23(17-4-2-1-3-5-17)20-7-6-19(31-25(20)21)14-29-10-8-16(15-30)9-11-29/h1-5,12-13,16,19-20,23,25,28,30H,6-11,14-15H2/t19-,20+,23+,25+/m1/s1. The molecular formula is C25H30ClFN2O2. The Morgan fingerprint density at radius 3 is 2.61 bits per heavy atom. The summed E-state index contributed by atoms with van der Waals surface area (Å²) in [7, 11) is 0. The molecule has 4 nitrogen and oxygen atoms in total. The van der Waals surface area contributed by atoms with E-state index in [1.165, 1.54) is 6.07 Å². The Hall–Kier alpha value is -1.66. The number of piperidine rings is 1. The van der Waals surface area contributed by atoms with Crippen LogP contribution < -0.4 is 5.32 Å². The van der Waals surface area contributed by atoms with E-state index < -0.39 is 0 Å². The van der Waals surface area contributed by atoms with Gasteiger partial charge in [0, 0.05) is 29.7 Å². The van der Waals surface area contributed by atoms with Crippen LogP contribution in [0.5, 0.6) is 0 Å². The molecular weight excluding hydrogens is 415 g/mol. The van der Waals surface area contributed by atoms with Crippen LogP contribution in [-0.4, -0.2) is 42.4 Å². The number of nitrogens with zero attached hydrogens (tertiary/aromatic N) is 1. The molecule has 2 aromatic rings. The Balaban J connectivity index is 1.39. The van der Waals surface area contributed by atoms with Crippen molar-refractivity contribution in [3.63, 3.8) is 0 Å². The van der Waals surface area contributed by atoms with E-state index in [4.69, 9.17) is 16.3 Å². The number of fused-ring (bicyclic) bond motifs is 3. The molecule has 166 valence electrons. The summed E-state index contributed by atoms with van der Waals surface area (Å²) in [5.74, 6) is 0.337. The number of aliphatic hydroxyl groups is 1. The van der Waals surface area contributed by atoms with Gasteiger partial charge in [0.05, 0.1) is 23.9 Å². The average molecular weight is 445 g/mol. The first-order chi connectivity index (χ1) is 15.1. The van der Waals surface area contributed by atoms with E-state index in [1.54, 1.807) is 0 Å². The molecule has 0 unspecified atom stereocenters. The zero-order valence-electron chi connectivity index (χ0n) is 17.6. The zero-order valence-corrected chi connectivity index (χ0v) is 18.4. The van der Waals surface area contributed by atoms with E-state index in [1.807, 2.05) is 24.3 Å². The molecule has 2 fully saturated rings. The minimum absolute atomic E-state index is 0.00984. The van der Waals surface area contributed by atoms with Gasteiger partial charge in [-0.25, -0.2) is 4.39 Å². The van der Waals surface area contributed by atoms with Gasteiger partial charge in [0.15, 0.2) is 0 Å². The quantitative estimate of drug-likeness (QED) is 0.681. The van der Waals surface area contributed by atoms with Gasteiger partial charge in [-0.1, -0.05) is 41.9 Å². The maximum absolute atomic E-state index is 14.9. The second kappa shape index (κ2) is 9.07. The summed E-state index contributed by atoms with van der Waals surface area (Å²) in [4.78, 5) is 2.45. The third-order valence-electron chi connectivity index (χ3n) is 7.26. The van der Waals surface area contributed by atoms with E-state index >= 15 is 0 Å². The summed E-state index contributed by atoms with van der Waals surface area (Å²) in [6.45, 7) is 3.19. The van der Waals surface area contributed by atoms with Crippen LogP contribution in [0.2, 0.25) is 5.02 Å². The van der Waals surface area contributed by atoms with Gasteiger partial charge in [0.1, 0.15) is 5.82 Å². The summed E-state index contributed by atoms with van der Waals surface area (Å²) in [5, 5.41) is 13.3.